The van der Waals surface area contributed by atoms with Gasteiger partial charge in [0.25, 0.3) is 5.91 Å². The maximum Gasteiger partial charge on any atom is 0.253 e. The Morgan fingerprint density at radius 1 is 1.45 bits per heavy atom. The number of rotatable bonds is 4. The molecule has 0 unspecified atom stereocenters. The van der Waals surface area contributed by atoms with E-state index in [1.165, 1.54) is 18.2 Å². The van der Waals surface area contributed by atoms with Gasteiger partial charge in [-0.05, 0) is 43.4 Å². The SMILES string of the molecule is COCCC1CCN(C(=O)c2ccc(F)c(Cl)c2)CC1. The van der Waals surface area contributed by atoms with Crippen LogP contribution in [-0.2, 0) is 4.74 Å². The molecule has 2 rings (SSSR count). The van der Waals surface area contributed by atoms with Gasteiger partial charge in [-0.2, -0.15) is 0 Å². The summed E-state index contributed by atoms with van der Waals surface area (Å²) in [4.78, 5) is 14.1. The summed E-state index contributed by atoms with van der Waals surface area (Å²) in [7, 11) is 1.71. The highest BCUT2D eigenvalue weighted by Gasteiger charge is 2.23. The van der Waals surface area contributed by atoms with Crippen molar-refractivity contribution in [1.82, 2.24) is 4.90 Å². The van der Waals surface area contributed by atoms with Gasteiger partial charge in [0, 0.05) is 32.4 Å². The van der Waals surface area contributed by atoms with Gasteiger partial charge in [-0.3, -0.25) is 4.79 Å². The van der Waals surface area contributed by atoms with E-state index in [9.17, 15) is 9.18 Å². The standard InChI is InChI=1S/C15H19ClFNO2/c1-20-9-6-11-4-7-18(8-5-11)15(19)12-2-3-14(17)13(16)10-12/h2-3,10-11H,4-9H2,1H3. The van der Waals surface area contributed by atoms with Crippen molar-refractivity contribution in [2.45, 2.75) is 19.3 Å². The molecule has 5 heteroatoms. The molecule has 0 aromatic heterocycles. The van der Waals surface area contributed by atoms with Crippen LogP contribution in [0.2, 0.25) is 5.02 Å². The maximum atomic E-state index is 13.1. The molecule has 1 saturated heterocycles. The van der Waals surface area contributed by atoms with E-state index >= 15 is 0 Å². The molecule has 1 aliphatic heterocycles. The normalized spacial score (nSPS) is 16.4. The van der Waals surface area contributed by atoms with Gasteiger partial charge in [0.1, 0.15) is 5.82 Å². The molecule has 0 saturated carbocycles. The van der Waals surface area contributed by atoms with E-state index in [2.05, 4.69) is 0 Å². The Hall–Kier alpha value is -1.13. The van der Waals surface area contributed by atoms with Crippen molar-refractivity contribution >= 4 is 17.5 Å². The minimum absolute atomic E-state index is 0.00849. The fraction of sp³-hybridized carbons (Fsp3) is 0.533. The molecule has 1 fully saturated rings. The van der Waals surface area contributed by atoms with E-state index in [-0.39, 0.29) is 10.9 Å². The molecule has 0 N–H and O–H groups in total. The zero-order valence-electron chi connectivity index (χ0n) is 11.6. The molecule has 1 aromatic rings. The topological polar surface area (TPSA) is 29.5 Å². The summed E-state index contributed by atoms with van der Waals surface area (Å²) >= 11 is 5.72. The van der Waals surface area contributed by atoms with Crippen LogP contribution in [0.5, 0.6) is 0 Å². The van der Waals surface area contributed by atoms with Crippen LogP contribution in [0.25, 0.3) is 0 Å². The van der Waals surface area contributed by atoms with E-state index in [4.69, 9.17) is 16.3 Å². The van der Waals surface area contributed by atoms with Crippen LogP contribution in [0.1, 0.15) is 29.6 Å². The summed E-state index contributed by atoms with van der Waals surface area (Å²) in [6, 6.07) is 4.12. The van der Waals surface area contributed by atoms with Crippen LogP contribution in [0.4, 0.5) is 4.39 Å². The lowest BCUT2D eigenvalue weighted by Gasteiger charge is -2.32. The van der Waals surface area contributed by atoms with Crippen molar-refractivity contribution in [1.29, 1.82) is 0 Å². The number of piperidine rings is 1. The molecule has 1 aliphatic rings. The highest BCUT2D eigenvalue weighted by molar-refractivity contribution is 6.31. The number of carbonyl (C=O) groups excluding carboxylic acids is 1. The van der Waals surface area contributed by atoms with E-state index in [0.29, 0.717) is 11.5 Å². The highest BCUT2D eigenvalue weighted by Crippen LogP contribution is 2.23. The lowest BCUT2D eigenvalue weighted by atomic mass is 9.93. The Bertz CT molecular complexity index is 473. The number of likely N-dealkylation sites (tertiary alicyclic amines) is 1. The first kappa shape index (κ1) is 15.3. The minimum atomic E-state index is -0.499. The molecule has 3 nitrogen and oxygen atoms in total. The first-order valence-electron chi connectivity index (χ1n) is 6.85. The third-order valence-electron chi connectivity index (χ3n) is 3.80. The Morgan fingerprint density at radius 2 is 2.15 bits per heavy atom. The van der Waals surface area contributed by atoms with Gasteiger partial charge < -0.3 is 9.64 Å². The predicted octanol–water partition coefficient (Wildman–Crippen LogP) is 3.37. The fourth-order valence-corrected chi connectivity index (χ4v) is 2.70. The number of hydrogen-bond donors (Lipinski definition) is 0. The third kappa shape index (κ3) is 3.70. The molecule has 1 heterocycles. The van der Waals surface area contributed by atoms with Crippen molar-refractivity contribution in [3.05, 3.63) is 34.6 Å². The molecule has 0 bridgehead atoms. The number of halogens is 2. The number of methoxy groups -OCH3 is 1. The van der Waals surface area contributed by atoms with Gasteiger partial charge in [-0.1, -0.05) is 11.6 Å². The molecular formula is C15H19ClFNO2. The highest BCUT2D eigenvalue weighted by atomic mass is 35.5. The second kappa shape index (κ2) is 7.04. The second-order valence-electron chi connectivity index (χ2n) is 5.15. The number of hydrogen-bond acceptors (Lipinski definition) is 2. The summed E-state index contributed by atoms with van der Waals surface area (Å²) in [5.74, 6) is 0.0504. The predicted molar refractivity (Wildman–Crippen MR) is 76.5 cm³/mol. The molecule has 20 heavy (non-hydrogen) atoms. The molecule has 110 valence electrons. The molecule has 0 radical (unpaired) electrons. The van der Waals surface area contributed by atoms with Gasteiger partial charge >= 0.3 is 0 Å². The average Bonchev–Trinajstić information content (AvgIpc) is 2.48. The van der Waals surface area contributed by atoms with Crippen LogP contribution in [0, 0.1) is 11.7 Å². The number of benzene rings is 1. The van der Waals surface area contributed by atoms with E-state index in [1.807, 2.05) is 4.90 Å². The molecule has 0 spiro atoms. The summed E-state index contributed by atoms with van der Waals surface area (Å²) in [5.41, 5.74) is 0.451. The summed E-state index contributed by atoms with van der Waals surface area (Å²) < 4.78 is 18.2. The van der Waals surface area contributed by atoms with Gasteiger partial charge in [0.05, 0.1) is 5.02 Å². The first-order valence-corrected chi connectivity index (χ1v) is 7.23. The zero-order chi connectivity index (χ0) is 14.5. The molecule has 1 aromatic carbocycles. The Balaban J connectivity index is 1.92. The van der Waals surface area contributed by atoms with Crippen molar-refractivity contribution < 1.29 is 13.9 Å². The Labute approximate surface area is 123 Å². The number of ether oxygens (including phenoxy) is 1. The largest absolute Gasteiger partial charge is 0.385 e. The van der Waals surface area contributed by atoms with Crippen molar-refractivity contribution in [3.63, 3.8) is 0 Å². The first-order chi connectivity index (χ1) is 9.61. The summed E-state index contributed by atoms with van der Waals surface area (Å²) in [5, 5.41) is -0.00849. The monoisotopic (exact) mass is 299 g/mol. The lowest BCUT2D eigenvalue weighted by Crippen LogP contribution is -2.38. The van der Waals surface area contributed by atoms with Crippen molar-refractivity contribution in [2.24, 2.45) is 5.92 Å². The molecule has 1 amide bonds. The van der Waals surface area contributed by atoms with E-state index in [1.54, 1.807) is 7.11 Å². The fourth-order valence-electron chi connectivity index (χ4n) is 2.52. The molecule has 0 atom stereocenters. The Morgan fingerprint density at radius 3 is 2.75 bits per heavy atom. The average molecular weight is 300 g/mol. The summed E-state index contributed by atoms with van der Waals surface area (Å²) in [6.07, 6.45) is 3.02. The number of nitrogens with zero attached hydrogens (tertiary/aromatic N) is 1. The third-order valence-corrected chi connectivity index (χ3v) is 4.09. The molecular weight excluding hydrogens is 281 g/mol. The second-order valence-corrected chi connectivity index (χ2v) is 5.55. The van der Waals surface area contributed by atoms with Crippen molar-refractivity contribution in [2.75, 3.05) is 26.8 Å². The Kier molecular flexibility index (Phi) is 5.38. The van der Waals surface area contributed by atoms with E-state index in [0.717, 1.165) is 39.0 Å². The van der Waals surface area contributed by atoms with Crippen molar-refractivity contribution in [3.8, 4) is 0 Å². The van der Waals surface area contributed by atoms with Crippen LogP contribution in [-0.4, -0.2) is 37.6 Å². The van der Waals surface area contributed by atoms with E-state index < -0.39 is 5.82 Å². The van der Waals surface area contributed by atoms with Gasteiger partial charge in [0.2, 0.25) is 0 Å². The zero-order valence-corrected chi connectivity index (χ0v) is 12.3. The maximum absolute atomic E-state index is 13.1. The number of carbonyl (C=O) groups is 1. The van der Waals surface area contributed by atoms with Crippen LogP contribution in [0.3, 0.4) is 0 Å². The lowest BCUT2D eigenvalue weighted by molar-refractivity contribution is 0.0669. The van der Waals surface area contributed by atoms with Crippen LogP contribution >= 0.6 is 11.6 Å². The minimum Gasteiger partial charge on any atom is -0.385 e. The number of amides is 1. The van der Waals surface area contributed by atoms with Crippen LogP contribution < -0.4 is 0 Å². The van der Waals surface area contributed by atoms with Gasteiger partial charge in [-0.15, -0.1) is 0 Å². The van der Waals surface area contributed by atoms with Crippen LogP contribution in [0.15, 0.2) is 18.2 Å². The molecule has 0 aliphatic carbocycles. The quantitative estimate of drug-likeness (QED) is 0.853. The summed E-state index contributed by atoms with van der Waals surface area (Å²) in [6.45, 7) is 2.25. The van der Waals surface area contributed by atoms with Gasteiger partial charge in [-0.25, -0.2) is 4.39 Å². The smallest absolute Gasteiger partial charge is 0.253 e. The van der Waals surface area contributed by atoms with Gasteiger partial charge in [0.15, 0.2) is 0 Å².